The largest absolute Gasteiger partial charge is 0.356 e. The fraction of sp³-hybridized carbons (Fsp3) is 0.417. The van der Waals surface area contributed by atoms with Gasteiger partial charge in [-0.25, -0.2) is 0 Å². The van der Waals surface area contributed by atoms with E-state index in [-0.39, 0.29) is 11.6 Å². The van der Waals surface area contributed by atoms with Gasteiger partial charge < -0.3 is 5.32 Å². The highest BCUT2D eigenvalue weighted by molar-refractivity contribution is 5.91. The maximum absolute atomic E-state index is 11.9. The van der Waals surface area contributed by atoms with Crippen molar-refractivity contribution in [2.75, 3.05) is 6.54 Å². The van der Waals surface area contributed by atoms with E-state index >= 15 is 0 Å². The maximum atomic E-state index is 11.9. The number of nitro benzene ring substituents is 1. The van der Waals surface area contributed by atoms with Gasteiger partial charge in [0.25, 0.3) is 5.69 Å². The first-order valence-electron chi connectivity index (χ1n) is 5.63. The van der Waals surface area contributed by atoms with Crippen LogP contribution in [-0.4, -0.2) is 17.4 Å². The fourth-order valence-corrected chi connectivity index (χ4v) is 2.00. The first-order valence-corrected chi connectivity index (χ1v) is 5.63. The molecule has 17 heavy (non-hydrogen) atoms. The van der Waals surface area contributed by atoms with Gasteiger partial charge >= 0.3 is 0 Å². The molecule has 5 heteroatoms. The predicted molar refractivity (Wildman–Crippen MR) is 62.7 cm³/mol. The molecule has 0 aliphatic heterocycles. The van der Waals surface area contributed by atoms with Gasteiger partial charge in [0, 0.05) is 18.7 Å². The molecule has 0 radical (unpaired) electrons. The van der Waals surface area contributed by atoms with Gasteiger partial charge in [-0.2, -0.15) is 0 Å². The molecule has 1 aliphatic carbocycles. The van der Waals surface area contributed by atoms with Crippen molar-refractivity contribution in [3.05, 3.63) is 39.9 Å². The Morgan fingerprint density at radius 2 is 2.00 bits per heavy atom. The highest BCUT2D eigenvalue weighted by Gasteiger charge is 2.50. The molecule has 0 heterocycles. The molecule has 1 aliphatic rings. The Morgan fingerprint density at radius 3 is 2.41 bits per heavy atom. The summed E-state index contributed by atoms with van der Waals surface area (Å²) >= 11 is 0. The van der Waals surface area contributed by atoms with Crippen LogP contribution in [0.15, 0.2) is 24.3 Å². The Bertz CT molecular complexity index is 449. The number of carbonyl (C=O) groups excluding carboxylic acids is 1. The van der Waals surface area contributed by atoms with Gasteiger partial charge in [-0.05, 0) is 25.3 Å². The van der Waals surface area contributed by atoms with Gasteiger partial charge in [0.1, 0.15) is 0 Å². The third kappa shape index (κ3) is 2.00. The minimum absolute atomic E-state index is 0.0221. The second kappa shape index (κ2) is 4.16. The summed E-state index contributed by atoms with van der Waals surface area (Å²) in [6.07, 6.45) is 1.63. The molecule has 1 aromatic rings. The quantitative estimate of drug-likeness (QED) is 0.637. The lowest BCUT2D eigenvalue weighted by molar-refractivity contribution is -0.384. The Kier molecular flexibility index (Phi) is 2.83. The van der Waals surface area contributed by atoms with Crippen LogP contribution >= 0.6 is 0 Å². The van der Waals surface area contributed by atoms with Crippen LogP contribution in [0.5, 0.6) is 0 Å². The summed E-state index contributed by atoms with van der Waals surface area (Å²) in [5, 5.41) is 13.4. The van der Waals surface area contributed by atoms with Crippen molar-refractivity contribution in [3.63, 3.8) is 0 Å². The van der Waals surface area contributed by atoms with Crippen molar-refractivity contribution in [2.45, 2.75) is 25.2 Å². The van der Waals surface area contributed by atoms with E-state index in [1.54, 1.807) is 12.1 Å². The maximum Gasteiger partial charge on any atom is 0.269 e. The molecule has 0 spiro atoms. The number of hydrogen-bond donors (Lipinski definition) is 1. The lowest BCUT2D eigenvalue weighted by atomic mass is 9.95. The van der Waals surface area contributed by atoms with E-state index in [0.29, 0.717) is 6.54 Å². The van der Waals surface area contributed by atoms with Gasteiger partial charge in [-0.1, -0.05) is 12.1 Å². The number of amides is 1. The summed E-state index contributed by atoms with van der Waals surface area (Å²) < 4.78 is 0. The number of benzene rings is 1. The highest BCUT2D eigenvalue weighted by Crippen LogP contribution is 2.48. The van der Waals surface area contributed by atoms with Crippen molar-refractivity contribution >= 4 is 11.6 Å². The van der Waals surface area contributed by atoms with Gasteiger partial charge in [-0.15, -0.1) is 0 Å². The van der Waals surface area contributed by atoms with E-state index in [4.69, 9.17) is 0 Å². The first kappa shape index (κ1) is 11.6. The van der Waals surface area contributed by atoms with Gasteiger partial charge in [-0.3, -0.25) is 14.9 Å². The molecule has 1 amide bonds. The Balaban J connectivity index is 2.23. The minimum Gasteiger partial charge on any atom is -0.356 e. The molecule has 5 nitrogen and oxygen atoms in total. The van der Waals surface area contributed by atoms with E-state index in [1.807, 2.05) is 6.92 Å². The molecule has 1 saturated carbocycles. The third-order valence-electron chi connectivity index (χ3n) is 3.15. The van der Waals surface area contributed by atoms with Gasteiger partial charge in [0.2, 0.25) is 5.91 Å². The molecular formula is C12H14N2O3. The van der Waals surface area contributed by atoms with Crippen LogP contribution in [0, 0.1) is 10.1 Å². The van der Waals surface area contributed by atoms with Crippen LogP contribution in [0.4, 0.5) is 5.69 Å². The summed E-state index contributed by atoms with van der Waals surface area (Å²) in [6.45, 7) is 2.48. The molecule has 0 unspecified atom stereocenters. The summed E-state index contributed by atoms with van der Waals surface area (Å²) in [7, 11) is 0. The second-order valence-electron chi connectivity index (χ2n) is 4.25. The summed E-state index contributed by atoms with van der Waals surface area (Å²) in [6, 6.07) is 6.27. The molecule has 2 rings (SSSR count). The topological polar surface area (TPSA) is 72.2 Å². The zero-order valence-corrected chi connectivity index (χ0v) is 9.60. The Labute approximate surface area is 99.0 Å². The number of nitrogens with one attached hydrogen (secondary N) is 1. The zero-order chi connectivity index (χ0) is 12.5. The summed E-state index contributed by atoms with van der Waals surface area (Å²) in [4.78, 5) is 22.0. The lowest BCUT2D eigenvalue weighted by Crippen LogP contribution is -2.34. The number of rotatable bonds is 4. The van der Waals surface area contributed by atoms with E-state index in [1.165, 1.54) is 12.1 Å². The fourth-order valence-electron chi connectivity index (χ4n) is 2.00. The Hall–Kier alpha value is -1.91. The molecule has 90 valence electrons. The third-order valence-corrected chi connectivity index (χ3v) is 3.15. The predicted octanol–water partition coefficient (Wildman–Crippen LogP) is 1.76. The molecule has 0 saturated heterocycles. The van der Waals surface area contributed by atoms with E-state index < -0.39 is 10.3 Å². The minimum atomic E-state index is -0.439. The van der Waals surface area contributed by atoms with Crippen LogP contribution in [0.2, 0.25) is 0 Å². The van der Waals surface area contributed by atoms with Crippen molar-refractivity contribution in [3.8, 4) is 0 Å². The number of likely N-dealkylation sites (N-methyl/N-ethyl adjacent to an activating group) is 1. The van der Waals surface area contributed by atoms with Crippen LogP contribution in [0.25, 0.3) is 0 Å². The summed E-state index contributed by atoms with van der Waals surface area (Å²) in [5.74, 6) is 0.0221. The average Bonchev–Trinajstić information content (AvgIpc) is 3.11. The summed E-state index contributed by atoms with van der Waals surface area (Å²) in [5.41, 5.74) is 0.486. The average molecular weight is 234 g/mol. The number of carbonyl (C=O) groups is 1. The highest BCUT2D eigenvalue weighted by atomic mass is 16.6. The number of nitrogens with zero attached hydrogens (tertiary/aromatic N) is 1. The van der Waals surface area contributed by atoms with Gasteiger partial charge in [0.15, 0.2) is 0 Å². The van der Waals surface area contributed by atoms with Crippen LogP contribution in [0.1, 0.15) is 25.3 Å². The SMILES string of the molecule is CCNC(=O)C1(c2ccc([N+](=O)[O-])cc2)CC1. The lowest BCUT2D eigenvalue weighted by Gasteiger charge is -2.14. The normalized spacial score (nSPS) is 16.3. The molecule has 1 fully saturated rings. The molecule has 0 aromatic heterocycles. The van der Waals surface area contributed by atoms with E-state index in [9.17, 15) is 14.9 Å². The van der Waals surface area contributed by atoms with Crippen LogP contribution in [-0.2, 0) is 10.2 Å². The smallest absolute Gasteiger partial charge is 0.269 e. The van der Waals surface area contributed by atoms with E-state index in [2.05, 4.69) is 5.32 Å². The standard InChI is InChI=1S/C12H14N2O3/c1-2-13-11(15)12(7-8-12)9-3-5-10(6-4-9)14(16)17/h3-6H,2,7-8H2,1H3,(H,13,15). The molecule has 0 atom stereocenters. The molecule has 1 aromatic carbocycles. The van der Waals surface area contributed by atoms with Crippen molar-refractivity contribution < 1.29 is 9.72 Å². The van der Waals surface area contributed by atoms with Crippen LogP contribution in [0.3, 0.4) is 0 Å². The molecule has 1 N–H and O–H groups in total. The van der Waals surface area contributed by atoms with E-state index in [0.717, 1.165) is 18.4 Å². The van der Waals surface area contributed by atoms with Gasteiger partial charge in [0.05, 0.1) is 10.3 Å². The monoisotopic (exact) mass is 234 g/mol. The van der Waals surface area contributed by atoms with Crippen molar-refractivity contribution in [1.29, 1.82) is 0 Å². The second-order valence-corrected chi connectivity index (χ2v) is 4.25. The number of nitro groups is 1. The number of hydrogen-bond acceptors (Lipinski definition) is 3. The number of non-ortho nitro benzene ring substituents is 1. The first-order chi connectivity index (χ1) is 8.10. The molecular weight excluding hydrogens is 220 g/mol. The Morgan fingerprint density at radius 1 is 1.41 bits per heavy atom. The van der Waals surface area contributed by atoms with Crippen molar-refractivity contribution in [1.82, 2.24) is 5.32 Å². The van der Waals surface area contributed by atoms with Crippen LogP contribution < -0.4 is 5.32 Å². The van der Waals surface area contributed by atoms with Crippen molar-refractivity contribution in [2.24, 2.45) is 0 Å². The molecule has 0 bridgehead atoms. The zero-order valence-electron chi connectivity index (χ0n) is 9.60.